The summed E-state index contributed by atoms with van der Waals surface area (Å²) in [5.41, 5.74) is -0.986. The minimum Gasteiger partial charge on any atom is -0.499 e. The number of benzene rings is 1. The van der Waals surface area contributed by atoms with E-state index in [1.165, 1.54) is 57.1 Å². The first kappa shape index (κ1) is 28.2. The summed E-state index contributed by atoms with van der Waals surface area (Å²) in [6, 6.07) is 4.67. The topological polar surface area (TPSA) is 159 Å². The average Bonchev–Trinajstić information content (AvgIpc) is 2.87. The normalized spacial score (nSPS) is 24.2. The van der Waals surface area contributed by atoms with E-state index in [-0.39, 0.29) is 16.7 Å². The molecule has 202 valence electrons. The molecule has 0 bridgehead atoms. The van der Waals surface area contributed by atoms with Gasteiger partial charge in [-0.25, -0.2) is 4.79 Å². The number of ether oxygens (including phenoxy) is 3. The largest absolute Gasteiger partial charge is 0.499 e. The molecule has 0 spiro atoms. The van der Waals surface area contributed by atoms with Gasteiger partial charge in [0.1, 0.15) is 35.7 Å². The Hall–Kier alpha value is -2.37. The third-order valence-corrected chi connectivity index (χ3v) is 6.41. The summed E-state index contributed by atoms with van der Waals surface area (Å²) in [5, 5.41) is 50.0. The molecule has 2 heterocycles. The van der Waals surface area contributed by atoms with Crippen LogP contribution in [-0.4, -0.2) is 69.5 Å². The summed E-state index contributed by atoms with van der Waals surface area (Å²) in [7, 11) is 0. The van der Waals surface area contributed by atoms with Gasteiger partial charge < -0.3 is 44.2 Å². The van der Waals surface area contributed by atoms with Gasteiger partial charge in [0.2, 0.25) is 12.0 Å². The zero-order valence-electron chi connectivity index (χ0n) is 20.7. The predicted octanol–water partition coefficient (Wildman–Crippen LogP) is 2.59. The van der Waals surface area contributed by atoms with E-state index >= 15 is 0 Å². The Morgan fingerprint density at radius 3 is 2.25 bits per heavy atom. The van der Waals surface area contributed by atoms with Crippen molar-refractivity contribution in [1.29, 1.82) is 0 Å². The van der Waals surface area contributed by atoms with Crippen LogP contribution in [0.1, 0.15) is 64.7 Å². The fourth-order valence-corrected chi connectivity index (χ4v) is 4.24. The molecular weight excluding hydrogens is 472 g/mol. The number of fused-ring (bicyclic) bond motifs is 1. The molecule has 0 radical (unpaired) electrons. The van der Waals surface area contributed by atoms with Crippen LogP contribution in [0.4, 0.5) is 0 Å². The Labute approximate surface area is 210 Å². The van der Waals surface area contributed by atoms with Crippen LogP contribution < -0.4 is 15.1 Å². The zero-order chi connectivity index (χ0) is 26.1. The minimum atomic E-state index is -1.71. The quantitative estimate of drug-likeness (QED) is 0.189. The lowest BCUT2D eigenvalue weighted by Crippen LogP contribution is -2.60. The van der Waals surface area contributed by atoms with Crippen LogP contribution in [0.25, 0.3) is 11.0 Å². The van der Waals surface area contributed by atoms with E-state index in [4.69, 9.17) is 18.6 Å². The first-order valence-corrected chi connectivity index (χ1v) is 12.8. The van der Waals surface area contributed by atoms with Gasteiger partial charge in [-0.05, 0) is 18.6 Å². The molecule has 1 aliphatic rings. The standard InChI is InChI=1S/C26H38O10/c1-2-3-4-5-6-7-8-9-10-13-33-16-11-12-17-18(14-16)34-25(32)23(31)24(17)36-26-22(30)21(29)20(28)19(15-27)35-26/h11-12,14,19-22,26-31H,2-10,13,15H2,1H3/t19-,20-,21+,22+,26-/m1/s1. The van der Waals surface area contributed by atoms with E-state index in [0.29, 0.717) is 12.4 Å². The third kappa shape index (κ3) is 7.10. The molecule has 1 aromatic heterocycles. The molecular formula is C26H38O10. The highest BCUT2D eigenvalue weighted by molar-refractivity contribution is 5.86. The number of hydrogen-bond acceptors (Lipinski definition) is 10. The molecule has 1 aliphatic heterocycles. The van der Waals surface area contributed by atoms with E-state index in [1.54, 1.807) is 6.07 Å². The molecule has 1 aromatic carbocycles. The lowest BCUT2D eigenvalue weighted by Gasteiger charge is -2.39. The zero-order valence-corrected chi connectivity index (χ0v) is 20.7. The van der Waals surface area contributed by atoms with Crippen LogP contribution in [0.3, 0.4) is 0 Å². The van der Waals surface area contributed by atoms with Crippen molar-refractivity contribution >= 4 is 11.0 Å². The molecule has 0 amide bonds. The number of rotatable bonds is 14. The van der Waals surface area contributed by atoms with Crippen LogP contribution in [0.5, 0.6) is 17.2 Å². The van der Waals surface area contributed by atoms with Crippen molar-refractivity contribution in [3.63, 3.8) is 0 Å². The summed E-state index contributed by atoms with van der Waals surface area (Å²) >= 11 is 0. The van der Waals surface area contributed by atoms with Crippen LogP contribution in [0.15, 0.2) is 27.4 Å². The Balaban J connectivity index is 1.60. The maximum Gasteiger partial charge on any atom is 0.382 e. The van der Waals surface area contributed by atoms with E-state index in [9.17, 15) is 30.3 Å². The van der Waals surface area contributed by atoms with Crippen molar-refractivity contribution in [1.82, 2.24) is 0 Å². The Morgan fingerprint density at radius 2 is 1.58 bits per heavy atom. The van der Waals surface area contributed by atoms with Gasteiger partial charge in [0.05, 0.1) is 18.6 Å². The summed E-state index contributed by atoms with van der Waals surface area (Å²) in [5.74, 6) is -0.686. The summed E-state index contributed by atoms with van der Waals surface area (Å²) in [6.07, 6.45) is 3.08. The third-order valence-electron chi connectivity index (χ3n) is 6.41. The van der Waals surface area contributed by atoms with Gasteiger partial charge in [-0.2, -0.15) is 0 Å². The number of unbranched alkanes of at least 4 members (excludes halogenated alkanes) is 8. The van der Waals surface area contributed by atoms with E-state index in [2.05, 4.69) is 6.92 Å². The summed E-state index contributed by atoms with van der Waals surface area (Å²) < 4.78 is 21.8. The predicted molar refractivity (Wildman–Crippen MR) is 131 cm³/mol. The number of aliphatic hydroxyl groups excluding tert-OH is 4. The van der Waals surface area contributed by atoms with Crippen LogP contribution in [0, 0.1) is 0 Å². The Morgan fingerprint density at radius 1 is 0.917 bits per heavy atom. The fourth-order valence-electron chi connectivity index (χ4n) is 4.24. The molecule has 1 saturated heterocycles. The lowest BCUT2D eigenvalue weighted by atomic mass is 9.99. The van der Waals surface area contributed by atoms with Crippen molar-refractivity contribution in [3.05, 3.63) is 28.6 Å². The molecule has 0 saturated carbocycles. The van der Waals surface area contributed by atoms with Gasteiger partial charge in [0, 0.05) is 6.07 Å². The maximum atomic E-state index is 12.2. The first-order valence-electron chi connectivity index (χ1n) is 12.8. The van der Waals surface area contributed by atoms with E-state index in [1.807, 2.05) is 0 Å². The number of aromatic hydroxyl groups is 1. The van der Waals surface area contributed by atoms with Gasteiger partial charge in [0.15, 0.2) is 5.75 Å². The van der Waals surface area contributed by atoms with Crippen LogP contribution in [-0.2, 0) is 4.74 Å². The molecule has 5 atom stereocenters. The SMILES string of the molecule is CCCCCCCCCCCOc1ccc2c(O[C@H]3O[C@H](CO)[C@@H](O)[C@H](O)[C@@H]3O)c(O)c(=O)oc2c1. The van der Waals surface area contributed by atoms with Gasteiger partial charge in [-0.1, -0.05) is 58.3 Å². The second-order valence-electron chi connectivity index (χ2n) is 9.22. The second kappa shape index (κ2) is 13.8. The molecule has 10 heteroatoms. The Kier molecular flexibility index (Phi) is 10.8. The molecule has 3 rings (SSSR count). The van der Waals surface area contributed by atoms with Crippen LogP contribution in [0.2, 0.25) is 0 Å². The fraction of sp³-hybridized carbons (Fsp3) is 0.654. The monoisotopic (exact) mass is 510 g/mol. The molecule has 0 unspecified atom stereocenters. The number of hydrogen-bond donors (Lipinski definition) is 5. The highest BCUT2D eigenvalue weighted by Crippen LogP contribution is 2.36. The van der Waals surface area contributed by atoms with E-state index < -0.39 is 48.7 Å². The first-order chi connectivity index (χ1) is 17.4. The Bertz CT molecular complexity index is 1000. The molecule has 0 aliphatic carbocycles. The van der Waals surface area contributed by atoms with Gasteiger partial charge in [0.25, 0.3) is 0 Å². The smallest absolute Gasteiger partial charge is 0.382 e. The summed E-state index contributed by atoms with van der Waals surface area (Å²) in [4.78, 5) is 12.2. The van der Waals surface area contributed by atoms with Crippen molar-refractivity contribution < 1.29 is 44.2 Å². The van der Waals surface area contributed by atoms with Crippen molar-refractivity contribution in [2.24, 2.45) is 0 Å². The van der Waals surface area contributed by atoms with Gasteiger partial charge in [-0.15, -0.1) is 0 Å². The van der Waals surface area contributed by atoms with E-state index in [0.717, 1.165) is 12.8 Å². The van der Waals surface area contributed by atoms with Crippen molar-refractivity contribution in [2.75, 3.05) is 13.2 Å². The van der Waals surface area contributed by atoms with Crippen molar-refractivity contribution in [3.8, 4) is 17.2 Å². The lowest BCUT2D eigenvalue weighted by molar-refractivity contribution is -0.277. The minimum absolute atomic E-state index is 0.0852. The van der Waals surface area contributed by atoms with Gasteiger partial charge in [-0.3, -0.25) is 0 Å². The number of aliphatic hydroxyl groups is 4. The van der Waals surface area contributed by atoms with Crippen molar-refractivity contribution in [2.45, 2.75) is 95.4 Å². The highest BCUT2D eigenvalue weighted by atomic mass is 16.7. The summed E-state index contributed by atoms with van der Waals surface area (Å²) in [6.45, 7) is 2.08. The molecule has 2 aromatic rings. The highest BCUT2D eigenvalue weighted by Gasteiger charge is 2.45. The average molecular weight is 511 g/mol. The van der Waals surface area contributed by atoms with Gasteiger partial charge >= 0.3 is 5.63 Å². The van der Waals surface area contributed by atoms with Crippen LogP contribution >= 0.6 is 0 Å². The molecule has 1 fully saturated rings. The molecule has 5 N–H and O–H groups in total. The molecule has 10 nitrogen and oxygen atoms in total. The maximum absolute atomic E-state index is 12.2. The molecule has 36 heavy (non-hydrogen) atoms. The second-order valence-corrected chi connectivity index (χ2v) is 9.22.